The third-order valence-electron chi connectivity index (χ3n) is 0.965. The van der Waals surface area contributed by atoms with Gasteiger partial charge in [-0.2, -0.15) is 0 Å². The Hall–Kier alpha value is -1.12. The Kier molecular flexibility index (Phi) is 1.63. The van der Waals surface area contributed by atoms with E-state index >= 15 is 0 Å². The van der Waals surface area contributed by atoms with Crippen molar-refractivity contribution in [2.45, 2.75) is 0 Å². The summed E-state index contributed by atoms with van der Waals surface area (Å²) in [6.45, 7) is 0. The first kappa shape index (κ1) is 6.01. The summed E-state index contributed by atoms with van der Waals surface area (Å²) in [4.78, 5) is 0. The molecule has 0 amide bonds. The molecular weight excluding hydrogens is 120 g/mol. The van der Waals surface area contributed by atoms with Crippen LogP contribution in [-0.2, 0) is 0 Å². The molecule has 1 radical (unpaired) electrons. The van der Waals surface area contributed by atoms with Gasteiger partial charge >= 0.3 is 0 Å². The van der Waals surface area contributed by atoms with Crippen LogP contribution in [0.4, 0.5) is 0 Å². The van der Waals surface area contributed by atoms with Gasteiger partial charge in [-0.15, -0.1) is 0 Å². The van der Waals surface area contributed by atoms with E-state index in [1.54, 1.807) is 7.11 Å². The highest BCUT2D eigenvalue weighted by Crippen LogP contribution is 2.25. The highest BCUT2D eigenvalue weighted by atomic mass is 16.5. The van der Waals surface area contributed by atoms with Gasteiger partial charge in [0.2, 0.25) is 12.0 Å². The molecule has 0 unspecified atom stereocenters. The van der Waals surface area contributed by atoms with E-state index in [2.05, 4.69) is 10.7 Å². The standard InChI is InChI=1S/C6H7O3/c1-7-5-3-9-4-6(5)8-2/h3H,1-2H3. The smallest absolute Gasteiger partial charge is 0.219 e. The predicted molar refractivity (Wildman–Crippen MR) is 30.6 cm³/mol. The molecule has 3 heteroatoms. The van der Waals surface area contributed by atoms with Crippen molar-refractivity contribution in [2.75, 3.05) is 14.2 Å². The molecule has 0 bridgehead atoms. The molecule has 0 aliphatic rings. The van der Waals surface area contributed by atoms with Gasteiger partial charge in [0.25, 0.3) is 0 Å². The summed E-state index contributed by atoms with van der Waals surface area (Å²) in [5.74, 6) is 1.06. The Balaban J connectivity index is 2.85. The molecule has 0 saturated heterocycles. The van der Waals surface area contributed by atoms with Gasteiger partial charge in [-0.1, -0.05) is 0 Å². The largest absolute Gasteiger partial charge is 0.490 e. The molecule has 0 aromatic carbocycles. The number of hydrogen-bond acceptors (Lipinski definition) is 3. The van der Waals surface area contributed by atoms with Crippen LogP contribution in [-0.4, -0.2) is 14.2 Å². The average molecular weight is 127 g/mol. The van der Waals surface area contributed by atoms with Crippen molar-refractivity contribution in [3.8, 4) is 11.5 Å². The second-order valence-corrected chi connectivity index (χ2v) is 1.44. The normalized spacial score (nSPS) is 9.11. The van der Waals surface area contributed by atoms with Crippen LogP contribution in [0, 0.1) is 6.26 Å². The van der Waals surface area contributed by atoms with E-state index in [0.29, 0.717) is 11.5 Å². The van der Waals surface area contributed by atoms with Gasteiger partial charge in [0.15, 0.2) is 5.75 Å². The lowest BCUT2D eigenvalue weighted by molar-refractivity contribution is 0.357. The first-order valence-electron chi connectivity index (χ1n) is 2.45. The van der Waals surface area contributed by atoms with Crippen LogP contribution in [0.5, 0.6) is 11.5 Å². The number of hydrogen-bond donors (Lipinski definition) is 0. The molecule has 3 nitrogen and oxygen atoms in total. The minimum atomic E-state index is 0.498. The van der Waals surface area contributed by atoms with E-state index in [1.807, 2.05) is 0 Å². The molecule has 49 valence electrons. The third-order valence-corrected chi connectivity index (χ3v) is 0.965. The lowest BCUT2D eigenvalue weighted by Crippen LogP contribution is -1.84. The molecule has 0 aliphatic carbocycles. The SMILES string of the molecule is COc1[c]occ1OC. The number of methoxy groups -OCH3 is 2. The number of rotatable bonds is 2. The fourth-order valence-corrected chi connectivity index (χ4v) is 0.523. The molecule has 1 aromatic rings. The topological polar surface area (TPSA) is 31.6 Å². The second-order valence-electron chi connectivity index (χ2n) is 1.44. The molecule has 1 rings (SSSR count). The predicted octanol–water partition coefficient (Wildman–Crippen LogP) is 1.10. The van der Waals surface area contributed by atoms with Crippen LogP contribution in [0.1, 0.15) is 0 Å². The molecule has 1 aromatic heterocycles. The van der Waals surface area contributed by atoms with Crippen molar-refractivity contribution in [1.82, 2.24) is 0 Å². The van der Waals surface area contributed by atoms with Gasteiger partial charge in [-0.25, -0.2) is 0 Å². The first-order valence-corrected chi connectivity index (χ1v) is 2.45. The second kappa shape index (κ2) is 2.44. The van der Waals surface area contributed by atoms with Gasteiger partial charge in [0.05, 0.1) is 14.2 Å². The Morgan fingerprint density at radius 3 is 2.67 bits per heavy atom. The summed E-state index contributed by atoms with van der Waals surface area (Å²) in [5.41, 5.74) is 0. The minimum absolute atomic E-state index is 0.498. The quantitative estimate of drug-likeness (QED) is 0.596. The maximum Gasteiger partial charge on any atom is 0.219 e. The van der Waals surface area contributed by atoms with Crippen molar-refractivity contribution < 1.29 is 13.9 Å². The zero-order valence-corrected chi connectivity index (χ0v) is 5.30. The molecule has 1 heterocycles. The van der Waals surface area contributed by atoms with E-state index < -0.39 is 0 Å². The van der Waals surface area contributed by atoms with Gasteiger partial charge in [-0.3, -0.25) is 0 Å². The molecule has 0 spiro atoms. The van der Waals surface area contributed by atoms with Crippen LogP contribution in [0.25, 0.3) is 0 Å². The fourth-order valence-electron chi connectivity index (χ4n) is 0.523. The van der Waals surface area contributed by atoms with Crippen LogP contribution in [0.2, 0.25) is 0 Å². The fraction of sp³-hybridized carbons (Fsp3) is 0.333. The van der Waals surface area contributed by atoms with Crippen LogP contribution < -0.4 is 9.47 Å². The molecule has 0 saturated carbocycles. The van der Waals surface area contributed by atoms with E-state index in [0.717, 1.165) is 0 Å². The lowest BCUT2D eigenvalue weighted by Gasteiger charge is -1.95. The number of furan rings is 1. The Morgan fingerprint density at radius 1 is 1.44 bits per heavy atom. The molecule has 0 aliphatic heterocycles. The van der Waals surface area contributed by atoms with Crippen molar-refractivity contribution in [2.24, 2.45) is 0 Å². The van der Waals surface area contributed by atoms with Gasteiger partial charge in [-0.05, 0) is 0 Å². The van der Waals surface area contributed by atoms with E-state index in [-0.39, 0.29) is 0 Å². The Labute approximate surface area is 53.2 Å². The molecule has 9 heavy (non-hydrogen) atoms. The van der Waals surface area contributed by atoms with E-state index in [1.165, 1.54) is 13.4 Å². The van der Waals surface area contributed by atoms with Gasteiger partial charge in [0.1, 0.15) is 6.26 Å². The summed E-state index contributed by atoms with van der Waals surface area (Å²) in [7, 11) is 3.07. The maximum atomic E-state index is 4.83. The minimum Gasteiger partial charge on any atom is -0.490 e. The van der Waals surface area contributed by atoms with Crippen molar-refractivity contribution >= 4 is 0 Å². The Morgan fingerprint density at radius 2 is 2.22 bits per heavy atom. The van der Waals surface area contributed by atoms with E-state index in [9.17, 15) is 0 Å². The molecular formula is C6H7O3. The summed E-state index contributed by atoms with van der Waals surface area (Å²) < 4.78 is 14.3. The Bertz CT molecular complexity index is 162. The summed E-state index contributed by atoms with van der Waals surface area (Å²) in [6, 6.07) is 0. The zero-order valence-electron chi connectivity index (χ0n) is 5.30. The zero-order chi connectivity index (χ0) is 6.69. The maximum absolute atomic E-state index is 4.83. The van der Waals surface area contributed by atoms with Gasteiger partial charge < -0.3 is 13.9 Å². The van der Waals surface area contributed by atoms with Crippen molar-refractivity contribution in [3.05, 3.63) is 12.5 Å². The van der Waals surface area contributed by atoms with Crippen molar-refractivity contribution in [1.29, 1.82) is 0 Å². The first-order chi connectivity index (χ1) is 4.38. The van der Waals surface area contributed by atoms with Crippen LogP contribution >= 0.6 is 0 Å². The lowest BCUT2D eigenvalue weighted by atomic mass is 10.5. The van der Waals surface area contributed by atoms with Crippen LogP contribution in [0.15, 0.2) is 10.7 Å². The summed E-state index contributed by atoms with van der Waals surface area (Å²) in [6.07, 6.45) is 3.91. The van der Waals surface area contributed by atoms with Crippen LogP contribution in [0.3, 0.4) is 0 Å². The summed E-state index contributed by atoms with van der Waals surface area (Å²) in [5, 5.41) is 0. The van der Waals surface area contributed by atoms with Crippen molar-refractivity contribution in [3.63, 3.8) is 0 Å². The third kappa shape index (κ3) is 0.988. The highest BCUT2D eigenvalue weighted by molar-refractivity contribution is 5.33. The monoisotopic (exact) mass is 127 g/mol. The van der Waals surface area contributed by atoms with Gasteiger partial charge in [0, 0.05) is 0 Å². The molecule has 0 fully saturated rings. The molecule has 0 atom stereocenters. The summed E-state index contributed by atoms with van der Waals surface area (Å²) >= 11 is 0. The highest BCUT2D eigenvalue weighted by Gasteiger charge is 2.03. The van der Waals surface area contributed by atoms with E-state index in [4.69, 9.17) is 9.47 Å². The number of ether oxygens (including phenoxy) is 2. The average Bonchev–Trinajstić information content (AvgIpc) is 2.33. The molecule has 0 N–H and O–H groups in total.